The Bertz CT molecular complexity index is 1130. The molecule has 0 spiro atoms. The Labute approximate surface area is 193 Å². The first-order valence-electron chi connectivity index (χ1n) is 10.9. The molecular formula is C23H29FN4O4S. The summed E-state index contributed by atoms with van der Waals surface area (Å²) in [6, 6.07) is 9.84. The number of anilines is 2. The van der Waals surface area contributed by atoms with Gasteiger partial charge < -0.3 is 16.0 Å². The quantitative estimate of drug-likeness (QED) is 0.541. The van der Waals surface area contributed by atoms with Crippen molar-refractivity contribution in [1.29, 1.82) is 0 Å². The van der Waals surface area contributed by atoms with Crippen LogP contribution in [0.4, 0.5) is 15.8 Å². The van der Waals surface area contributed by atoms with Gasteiger partial charge in [-0.05, 0) is 56.5 Å². The van der Waals surface area contributed by atoms with Gasteiger partial charge in [-0.1, -0.05) is 19.1 Å². The van der Waals surface area contributed by atoms with Crippen LogP contribution < -0.4 is 20.7 Å². The molecule has 1 aliphatic rings. The van der Waals surface area contributed by atoms with E-state index in [1.165, 1.54) is 24.3 Å². The second-order valence-corrected chi connectivity index (χ2v) is 9.89. The van der Waals surface area contributed by atoms with Gasteiger partial charge in [-0.2, -0.15) is 0 Å². The average Bonchev–Trinajstić information content (AvgIpc) is 2.79. The third kappa shape index (κ3) is 5.88. The first kappa shape index (κ1) is 24.7. The molecule has 33 heavy (non-hydrogen) atoms. The minimum absolute atomic E-state index is 0.00617. The molecule has 3 rings (SSSR count). The Morgan fingerprint density at radius 1 is 1.18 bits per heavy atom. The molecule has 1 fully saturated rings. The van der Waals surface area contributed by atoms with Gasteiger partial charge in [0.2, 0.25) is 15.9 Å². The lowest BCUT2D eigenvalue weighted by Crippen LogP contribution is -2.40. The number of halogens is 1. The molecule has 1 heterocycles. The van der Waals surface area contributed by atoms with Crippen molar-refractivity contribution in [2.45, 2.75) is 44.0 Å². The van der Waals surface area contributed by atoms with Crippen molar-refractivity contribution < 1.29 is 22.4 Å². The molecule has 1 atom stereocenters. The Morgan fingerprint density at radius 2 is 1.85 bits per heavy atom. The van der Waals surface area contributed by atoms with Gasteiger partial charge in [-0.3, -0.25) is 9.59 Å². The Hall–Kier alpha value is -2.98. The Kier molecular flexibility index (Phi) is 7.70. The third-order valence-electron chi connectivity index (χ3n) is 5.83. The molecule has 178 valence electrons. The number of sulfonamides is 1. The highest BCUT2D eigenvalue weighted by Gasteiger charge is 2.28. The summed E-state index contributed by atoms with van der Waals surface area (Å²) in [7, 11) is -3.92. The third-order valence-corrected chi connectivity index (χ3v) is 7.45. The van der Waals surface area contributed by atoms with E-state index in [0.717, 1.165) is 0 Å². The summed E-state index contributed by atoms with van der Waals surface area (Å²) in [5, 5.41) is 2.58. The van der Waals surface area contributed by atoms with Crippen molar-refractivity contribution in [3.8, 4) is 0 Å². The van der Waals surface area contributed by atoms with Crippen LogP contribution in [0.1, 0.15) is 43.5 Å². The lowest BCUT2D eigenvalue weighted by Gasteiger charge is -2.33. The number of hydrogen-bond donors (Lipinski definition) is 3. The molecule has 0 aliphatic carbocycles. The normalized spacial score (nSPS) is 15.8. The number of piperidine rings is 1. The molecular weight excluding hydrogens is 447 g/mol. The largest absolute Gasteiger partial charge is 0.370 e. The number of rotatable bonds is 8. The van der Waals surface area contributed by atoms with Crippen LogP contribution in [-0.2, 0) is 14.8 Å². The molecule has 8 nitrogen and oxygen atoms in total. The van der Waals surface area contributed by atoms with E-state index >= 15 is 0 Å². The van der Waals surface area contributed by atoms with Crippen LogP contribution in [0.5, 0.6) is 0 Å². The highest BCUT2D eigenvalue weighted by atomic mass is 32.2. The molecule has 0 unspecified atom stereocenters. The molecule has 1 saturated heterocycles. The number of carbonyl (C=O) groups is 2. The number of nitrogens with zero attached hydrogens (tertiary/aromatic N) is 1. The standard InChI is InChI=1S/C23H29FN4O4S/c1-3-15(2)27-33(31,32)21-14-17(26-23(30)18-6-4-5-7-19(18)24)8-9-20(21)28-12-10-16(11-13-28)22(25)29/h4-9,14-16,27H,3,10-13H2,1-2H3,(H2,25,29)(H,26,30)/t15-/m1/s1. The fourth-order valence-electron chi connectivity index (χ4n) is 3.73. The van der Waals surface area contributed by atoms with Crippen molar-refractivity contribution >= 4 is 33.2 Å². The van der Waals surface area contributed by atoms with Crippen molar-refractivity contribution in [2.24, 2.45) is 11.7 Å². The summed E-state index contributed by atoms with van der Waals surface area (Å²) in [6.45, 7) is 4.58. The van der Waals surface area contributed by atoms with E-state index in [9.17, 15) is 22.4 Å². The van der Waals surface area contributed by atoms with Crippen LogP contribution in [0.3, 0.4) is 0 Å². The van der Waals surface area contributed by atoms with Crippen LogP contribution in [0.15, 0.2) is 47.4 Å². The first-order chi connectivity index (χ1) is 15.6. The highest BCUT2D eigenvalue weighted by molar-refractivity contribution is 7.89. The molecule has 1 aliphatic heterocycles. The number of amides is 2. The zero-order chi connectivity index (χ0) is 24.2. The average molecular weight is 477 g/mol. The van der Waals surface area contributed by atoms with Gasteiger partial charge in [0.25, 0.3) is 5.91 Å². The summed E-state index contributed by atoms with van der Waals surface area (Å²) in [6.07, 6.45) is 1.65. The zero-order valence-corrected chi connectivity index (χ0v) is 19.5. The van der Waals surface area contributed by atoms with Crippen LogP contribution in [0.25, 0.3) is 0 Å². The number of nitrogens with two attached hydrogens (primary N) is 1. The predicted molar refractivity (Wildman–Crippen MR) is 125 cm³/mol. The topological polar surface area (TPSA) is 122 Å². The van der Waals surface area contributed by atoms with E-state index < -0.39 is 21.7 Å². The summed E-state index contributed by atoms with van der Waals surface area (Å²) in [5.74, 6) is -1.94. The van der Waals surface area contributed by atoms with Gasteiger partial charge in [0.05, 0.1) is 11.3 Å². The lowest BCUT2D eigenvalue weighted by atomic mass is 9.96. The monoisotopic (exact) mass is 476 g/mol. The lowest BCUT2D eigenvalue weighted by molar-refractivity contribution is -0.122. The number of benzene rings is 2. The summed E-state index contributed by atoms with van der Waals surface area (Å²) < 4.78 is 43.1. The van der Waals surface area contributed by atoms with E-state index in [-0.39, 0.29) is 34.0 Å². The van der Waals surface area contributed by atoms with E-state index in [1.54, 1.807) is 25.1 Å². The van der Waals surface area contributed by atoms with E-state index in [2.05, 4.69) is 10.0 Å². The molecule has 0 bridgehead atoms. The van der Waals surface area contributed by atoms with Gasteiger partial charge in [-0.15, -0.1) is 0 Å². The number of carbonyl (C=O) groups excluding carboxylic acids is 2. The van der Waals surface area contributed by atoms with Crippen LogP contribution >= 0.6 is 0 Å². The predicted octanol–water partition coefficient (Wildman–Crippen LogP) is 2.86. The minimum Gasteiger partial charge on any atom is -0.370 e. The number of hydrogen-bond acceptors (Lipinski definition) is 5. The highest BCUT2D eigenvalue weighted by Crippen LogP contribution is 2.32. The summed E-state index contributed by atoms with van der Waals surface area (Å²) in [5.41, 5.74) is 5.97. The van der Waals surface area contributed by atoms with Crippen LogP contribution in [0.2, 0.25) is 0 Å². The fraction of sp³-hybridized carbons (Fsp3) is 0.391. The first-order valence-corrected chi connectivity index (χ1v) is 12.4. The Morgan fingerprint density at radius 3 is 2.45 bits per heavy atom. The maximum atomic E-state index is 14.0. The van der Waals surface area contributed by atoms with Crippen molar-refractivity contribution in [1.82, 2.24) is 4.72 Å². The second kappa shape index (κ2) is 10.3. The molecule has 10 heteroatoms. The smallest absolute Gasteiger partial charge is 0.258 e. The SMILES string of the molecule is CC[C@@H](C)NS(=O)(=O)c1cc(NC(=O)c2ccccc2F)ccc1N1CCC(C(N)=O)CC1. The molecule has 4 N–H and O–H groups in total. The summed E-state index contributed by atoms with van der Waals surface area (Å²) >= 11 is 0. The van der Waals surface area contributed by atoms with Gasteiger partial charge >= 0.3 is 0 Å². The molecule has 2 aromatic carbocycles. The molecule has 2 aromatic rings. The second-order valence-electron chi connectivity index (χ2n) is 8.21. The maximum absolute atomic E-state index is 14.0. The summed E-state index contributed by atoms with van der Waals surface area (Å²) in [4.78, 5) is 25.9. The van der Waals surface area contributed by atoms with E-state index in [1.807, 2.05) is 11.8 Å². The van der Waals surface area contributed by atoms with Crippen LogP contribution in [0, 0.1) is 11.7 Å². The van der Waals surface area contributed by atoms with Gasteiger partial charge in [0, 0.05) is 30.7 Å². The molecule has 0 saturated carbocycles. The minimum atomic E-state index is -3.92. The molecule has 2 amide bonds. The van der Waals surface area contributed by atoms with Gasteiger partial charge in [0.15, 0.2) is 0 Å². The van der Waals surface area contributed by atoms with Crippen molar-refractivity contribution in [2.75, 3.05) is 23.3 Å². The fourth-order valence-corrected chi connectivity index (χ4v) is 5.31. The number of primary amides is 1. The van der Waals surface area contributed by atoms with Crippen LogP contribution in [-0.4, -0.2) is 39.4 Å². The zero-order valence-electron chi connectivity index (χ0n) is 18.7. The molecule has 0 radical (unpaired) electrons. The van der Waals surface area contributed by atoms with Gasteiger partial charge in [0.1, 0.15) is 10.7 Å². The van der Waals surface area contributed by atoms with Crippen molar-refractivity contribution in [3.05, 3.63) is 53.8 Å². The maximum Gasteiger partial charge on any atom is 0.258 e. The number of nitrogens with one attached hydrogen (secondary N) is 2. The van der Waals surface area contributed by atoms with E-state index in [0.29, 0.717) is 38.0 Å². The Balaban J connectivity index is 1.94. The van der Waals surface area contributed by atoms with Crippen molar-refractivity contribution in [3.63, 3.8) is 0 Å². The van der Waals surface area contributed by atoms with E-state index in [4.69, 9.17) is 5.73 Å². The molecule has 0 aromatic heterocycles. The van der Waals surface area contributed by atoms with Gasteiger partial charge in [-0.25, -0.2) is 17.5 Å².